The van der Waals surface area contributed by atoms with Gasteiger partial charge in [-0.3, -0.25) is 14.4 Å². The van der Waals surface area contributed by atoms with Crippen LogP contribution in [0.1, 0.15) is 33.9 Å². The highest BCUT2D eigenvalue weighted by molar-refractivity contribution is 7.09. The summed E-state index contributed by atoms with van der Waals surface area (Å²) < 4.78 is 5.07. The lowest BCUT2D eigenvalue weighted by Gasteiger charge is -2.15. The zero-order valence-electron chi connectivity index (χ0n) is 14.4. The number of benzene rings is 1. The van der Waals surface area contributed by atoms with Crippen LogP contribution in [0.5, 0.6) is 0 Å². The summed E-state index contributed by atoms with van der Waals surface area (Å²) in [5, 5.41) is 5.26. The molecular weight excluding hydrogens is 354 g/mol. The minimum atomic E-state index is -0.525. The van der Waals surface area contributed by atoms with Crippen molar-refractivity contribution in [1.29, 1.82) is 0 Å². The zero-order valence-corrected chi connectivity index (χ0v) is 15.2. The van der Waals surface area contributed by atoms with Gasteiger partial charge in [0.1, 0.15) is 13.2 Å². The predicted molar refractivity (Wildman–Crippen MR) is 97.0 cm³/mol. The van der Waals surface area contributed by atoms with E-state index in [2.05, 4.69) is 10.3 Å². The number of hydrogen-bond donors (Lipinski definition) is 1. The Bertz CT molecular complexity index is 816. The van der Waals surface area contributed by atoms with E-state index in [9.17, 15) is 14.4 Å². The molecule has 1 aromatic heterocycles. The van der Waals surface area contributed by atoms with Gasteiger partial charge in [0.05, 0.1) is 10.7 Å². The number of carbonyl (C=O) groups is 3. The Kier molecular flexibility index (Phi) is 5.62. The van der Waals surface area contributed by atoms with Crippen molar-refractivity contribution in [3.05, 3.63) is 45.9 Å². The van der Waals surface area contributed by atoms with Crippen LogP contribution in [0.15, 0.2) is 29.6 Å². The van der Waals surface area contributed by atoms with Gasteiger partial charge in [-0.15, -0.1) is 11.3 Å². The van der Waals surface area contributed by atoms with Crippen molar-refractivity contribution < 1.29 is 19.1 Å². The first-order valence-electron chi connectivity index (χ1n) is 8.28. The lowest BCUT2D eigenvalue weighted by atomic mass is 10.2. The fourth-order valence-electron chi connectivity index (χ4n) is 2.65. The minimum Gasteiger partial charge on any atom is -0.458 e. The highest BCUT2D eigenvalue weighted by atomic mass is 32.1. The average Bonchev–Trinajstić information content (AvgIpc) is 3.26. The largest absolute Gasteiger partial charge is 0.458 e. The average molecular weight is 373 g/mol. The van der Waals surface area contributed by atoms with Gasteiger partial charge in [-0.05, 0) is 37.6 Å². The topological polar surface area (TPSA) is 88.6 Å². The molecule has 2 aromatic rings. The number of esters is 1. The van der Waals surface area contributed by atoms with Crippen LogP contribution in [0.25, 0.3) is 0 Å². The maximum absolute atomic E-state index is 12.1. The van der Waals surface area contributed by atoms with Gasteiger partial charge >= 0.3 is 5.97 Å². The van der Waals surface area contributed by atoms with E-state index in [4.69, 9.17) is 4.74 Å². The highest BCUT2D eigenvalue weighted by Crippen LogP contribution is 2.21. The summed E-state index contributed by atoms with van der Waals surface area (Å²) in [4.78, 5) is 41.5. The number of carbonyl (C=O) groups excluding carboxylic acids is 3. The number of aromatic nitrogens is 1. The van der Waals surface area contributed by atoms with Crippen LogP contribution >= 0.6 is 11.3 Å². The van der Waals surface area contributed by atoms with Crippen molar-refractivity contribution in [3.63, 3.8) is 0 Å². The molecule has 2 heterocycles. The SMILES string of the molecule is Cc1nc(COC(=O)CNC(=O)c2ccc(N3CCCC3=O)cc2)cs1. The molecule has 0 bridgehead atoms. The van der Waals surface area contributed by atoms with Gasteiger partial charge in [-0.1, -0.05) is 0 Å². The van der Waals surface area contributed by atoms with Crippen molar-refractivity contribution in [2.24, 2.45) is 0 Å². The van der Waals surface area contributed by atoms with Crippen LogP contribution in [0.3, 0.4) is 0 Å². The Balaban J connectivity index is 1.46. The second kappa shape index (κ2) is 8.09. The molecule has 1 saturated heterocycles. The first-order chi connectivity index (χ1) is 12.5. The Morgan fingerprint density at radius 1 is 1.31 bits per heavy atom. The van der Waals surface area contributed by atoms with E-state index in [0.717, 1.165) is 17.1 Å². The normalized spacial score (nSPS) is 13.7. The van der Waals surface area contributed by atoms with Crippen LogP contribution in [0.2, 0.25) is 0 Å². The number of hydrogen-bond acceptors (Lipinski definition) is 6. The van der Waals surface area contributed by atoms with Gasteiger partial charge in [0.15, 0.2) is 0 Å². The summed E-state index contributed by atoms with van der Waals surface area (Å²) in [6.45, 7) is 2.46. The molecule has 1 aliphatic heterocycles. The molecule has 1 N–H and O–H groups in total. The molecule has 26 heavy (non-hydrogen) atoms. The number of aryl methyl sites for hydroxylation is 1. The third-order valence-electron chi connectivity index (χ3n) is 3.96. The molecule has 8 heteroatoms. The van der Waals surface area contributed by atoms with E-state index < -0.39 is 5.97 Å². The van der Waals surface area contributed by atoms with Crippen LogP contribution in [-0.2, 0) is 20.9 Å². The molecule has 2 amide bonds. The van der Waals surface area contributed by atoms with Gasteiger partial charge in [0.25, 0.3) is 5.91 Å². The molecule has 136 valence electrons. The summed E-state index contributed by atoms with van der Waals surface area (Å²) >= 11 is 1.49. The molecule has 3 rings (SSSR count). The van der Waals surface area contributed by atoms with Gasteiger partial charge in [0.2, 0.25) is 5.91 Å². The van der Waals surface area contributed by atoms with Gasteiger partial charge < -0.3 is 15.0 Å². The van der Waals surface area contributed by atoms with E-state index >= 15 is 0 Å². The Hall–Kier alpha value is -2.74. The zero-order chi connectivity index (χ0) is 18.5. The van der Waals surface area contributed by atoms with Crippen LogP contribution < -0.4 is 10.2 Å². The van der Waals surface area contributed by atoms with Crippen LogP contribution in [0.4, 0.5) is 5.69 Å². The third kappa shape index (κ3) is 4.45. The maximum Gasteiger partial charge on any atom is 0.325 e. The Labute approximate surface area is 155 Å². The van der Waals surface area contributed by atoms with Crippen molar-refractivity contribution in [3.8, 4) is 0 Å². The Morgan fingerprint density at radius 3 is 2.69 bits per heavy atom. The van der Waals surface area contributed by atoms with Gasteiger partial charge in [0, 0.05) is 29.6 Å². The molecule has 0 aliphatic carbocycles. The predicted octanol–water partition coefficient (Wildman–Crippen LogP) is 2.05. The first kappa shape index (κ1) is 18.1. The molecule has 0 unspecified atom stereocenters. The number of nitrogens with zero attached hydrogens (tertiary/aromatic N) is 2. The summed E-state index contributed by atoms with van der Waals surface area (Å²) in [6.07, 6.45) is 1.41. The summed E-state index contributed by atoms with van der Waals surface area (Å²) in [5.74, 6) is -0.797. The number of ether oxygens (including phenoxy) is 1. The number of anilines is 1. The van der Waals surface area contributed by atoms with E-state index in [-0.39, 0.29) is 25.0 Å². The third-order valence-corrected chi connectivity index (χ3v) is 4.78. The smallest absolute Gasteiger partial charge is 0.325 e. The molecule has 0 spiro atoms. The van der Waals surface area contributed by atoms with Crippen LogP contribution in [0, 0.1) is 6.92 Å². The second-order valence-corrected chi connectivity index (χ2v) is 6.96. The van der Waals surface area contributed by atoms with Crippen molar-refractivity contribution in [1.82, 2.24) is 10.3 Å². The minimum absolute atomic E-state index is 0.0948. The number of rotatable bonds is 6. The lowest BCUT2D eigenvalue weighted by Crippen LogP contribution is -2.30. The summed E-state index contributed by atoms with van der Waals surface area (Å²) in [6, 6.07) is 6.75. The van der Waals surface area contributed by atoms with Crippen molar-refractivity contribution in [2.75, 3.05) is 18.0 Å². The monoisotopic (exact) mass is 373 g/mol. The lowest BCUT2D eigenvalue weighted by molar-refractivity contribution is -0.143. The molecule has 0 saturated carbocycles. The fourth-order valence-corrected chi connectivity index (χ4v) is 3.25. The van der Waals surface area contributed by atoms with Crippen molar-refractivity contribution >= 4 is 34.8 Å². The fraction of sp³-hybridized carbons (Fsp3) is 0.333. The highest BCUT2D eigenvalue weighted by Gasteiger charge is 2.21. The number of nitrogens with one attached hydrogen (secondary N) is 1. The van der Waals surface area contributed by atoms with Crippen LogP contribution in [-0.4, -0.2) is 35.9 Å². The quantitative estimate of drug-likeness (QED) is 0.783. The second-order valence-electron chi connectivity index (χ2n) is 5.90. The summed E-state index contributed by atoms with van der Waals surface area (Å²) in [5.41, 5.74) is 1.89. The van der Waals surface area contributed by atoms with Crippen molar-refractivity contribution in [2.45, 2.75) is 26.4 Å². The van der Waals surface area contributed by atoms with E-state index in [0.29, 0.717) is 24.2 Å². The molecule has 0 atom stereocenters. The summed E-state index contributed by atoms with van der Waals surface area (Å²) in [7, 11) is 0. The number of thiazole rings is 1. The van der Waals surface area contributed by atoms with E-state index in [1.165, 1.54) is 11.3 Å². The molecule has 0 radical (unpaired) electrons. The standard InChI is InChI=1S/C18H19N3O4S/c1-12-20-14(11-26-12)10-25-17(23)9-19-18(24)13-4-6-15(7-5-13)21-8-2-3-16(21)22/h4-7,11H,2-3,8-10H2,1H3,(H,19,24). The van der Waals surface area contributed by atoms with E-state index in [1.54, 1.807) is 29.2 Å². The van der Waals surface area contributed by atoms with E-state index in [1.807, 2.05) is 12.3 Å². The molecular formula is C18H19N3O4S. The van der Waals surface area contributed by atoms with Gasteiger partial charge in [-0.2, -0.15) is 0 Å². The molecule has 1 aliphatic rings. The molecule has 7 nitrogen and oxygen atoms in total. The Morgan fingerprint density at radius 2 is 2.08 bits per heavy atom. The van der Waals surface area contributed by atoms with Gasteiger partial charge in [-0.25, -0.2) is 4.98 Å². The maximum atomic E-state index is 12.1. The molecule has 1 aromatic carbocycles. The molecule has 1 fully saturated rings. The number of amides is 2. The first-order valence-corrected chi connectivity index (χ1v) is 9.16.